The molecule has 1 saturated heterocycles. The summed E-state index contributed by atoms with van der Waals surface area (Å²) in [4.78, 5) is 8.15. The molecule has 1 fully saturated rings. The molecule has 0 saturated carbocycles. The molecule has 1 N–H and O–H groups in total. The van der Waals surface area contributed by atoms with Crippen LogP contribution in [0.1, 0.15) is 11.6 Å². The molecule has 7 heteroatoms. The average Bonchev–Trinajstić information content (AvgIpc) is 2.49. The van der Waals surface area contributed by atoms with E-state index in [1.807, 2.05) is 10.6 Å². The van der Waals surface area contributed by atoms with Crippen molar-refractivity contribution in [3.8, 4) is 0 Å². The van der Waals surface area contributed by atoms with E-state index >= 15 is 0 Å². The molecule has 2 aromatic rings. The highest BCUT2D eigenvalue weighted by Gasteiger charge is 2.21. The minimum Gasteiger partial charge on any atom is -0.315 e. The molecule has 1 aliphatic rings. The largest absolute Gasteiger partial charge is 0.315 e. The Labute approximate surface area is 99.1 Å². The Morgan fingerprint density at radius 3 is 2.73 bits per heavy atom. The number of halogens is 2. The Bertz CT molecular complexity index is 439. The summed E-state index contributed by atoms with van der Waals surface area (Å²) in [6.07, 6.45) is 3.33. The number of nitrogens with zero attached hydrogens (tertiary/aromatic N) is 4. The molecule has 1 aliphatic heterocycles. The highest BCUT2D eigenvalue weighted by atomic mass is 35.5. The van der Waals surface area contributed by atoms with Crippen molar-refractivity contribution in [1.82, 2.24) is 24.9 Å². The van der Waals surface area contributed by atoms with Crippen molar-refractivity contribution in [2.24, 2.45) is 0 Å². The molecule has 5 nitrogen and oxygen atoms in total. The van der Waals surface area contributed by atoms with Crippen LogP contribution in [-0.4, -0.2) is 32.7 Å². The molecule has 0 bridgehead atoms. The lowest BCUT2D eigenvalue weighted by Crippen LogP contribution is -2.40. The molecule has 0 atom stereocenters. The molecule has 82 valence electrons. The molecule has 0 amide bonds. The molecule has 0 aliphatic carbocycles. The fourth-order valence-electron chi connectivity index (χ4n) is 1.56. The Morgan fingerprint density at radius 2 is 2.07 bits per heavy atom. The highest BCUT2D eigenvalue weighted by Crippen LogP contribution is 2.18. The van der Waals surface area contributed by atoms with Gasteiger partial charge in [-0.05, 0) is 6.07 Å². The summed E-state index contributed by atoms with van der Waals surface area (Å²) in [6.45, 7) is 2.05. The molecule has 0 radical (unpaired) electrons. The van der Waals surface area contributed by atoms with Gasteiger partial charge in [0, 0.05) is 25.2 Å². The second-order valence-corrected chi connectivity index (χ2v) is 3.20. The molecule has 0 spiro atoms. The quantitative estimate of drug-likeness (QED) is 0.805. The number of aromatic nitrogens is 4. The monoisotopic (exact) mass is 247 g/mol. The standard InChI is InChI=1S/C8H9N5.2ClH/c1-2-10-8-11-5-12-13(8)7(1)6-3-9-4-6;;/h1-2,5-6,9H,3-4H2;2*1H. The van der Waals surface area contributed by atoms with Gasteiger partial charge in [0.1, 0.15) is 6.33 Å². The van der Waals surface area contributed by atoms with Gasteiger partial charge in [-0.15, -0.1) is 24.8 Å². The highest BCUT2D eigenvalue weighted by molar-refractivity contribution is 5.85. The van der Waals surface area contributed by atoms with E-state index in [-0.39, 0.29) is 24.8 Å². The van der Waals surface area contributed by atoms with E-state index in [1.54, 1.807) is 6.20 Å². The summed E-state index contributed by atoms with van der Waals surface area (Å²) in [6, 6.07) is 2.01. The first-order chi connectivity index (χ1) is 6.45. The Morgan fingerprint density at radius 1 is 1.27 bits per heavy atom. The first-order valence-corrected chi connectivity index (χ1v) is 4.30. The molecule has 3 heterocycles. The van der Waals surface area contributed by atoms with E-state index in [0.29, 0.717) is 11.7 Å². The zero-order valence-electron chi connectivity index (χ0n) is 7.83. The predicted molar refractivity (Wildman–Crippen MR) is 60.9 cm³/mol. The Balaban J connectivity index is 0.000000562. The van der Waals surface area contributed by atoms with E-state index in [2.05, 4.69) is 20.4 Å². The molecular weight excluding hydrogens is 237 g/mol. The molecule has 3 rings (SSSR count). The SMILES string of the molecule is Cl.Cl.c1cc(C2CNC2)n2ncnc2n1. The van der Waals surface area contributed by atoms with Gasteiger partial charge in [0.25, 0.3) is 5.78 Å². The lowest BCUT2D eigenvalue weighted by atomic mass is 9.99. The summed E-state index contributed by atoms with van der Waals surface area (Å²) >= 11 is 0. The fourth-order valence-corrected chi connectivity index (χ4v) is 1.56. The third-order valence-electron chi connectivity index (χ3n) is 2.41. The summed E-state index contributed by atoms with van der Waals surface area (Å²) in [7, 11) is 0. The van der Waals surface area contributed by atoms with E-state index < -0.39 is 0 Å². The zero-order chi connectivity index (χ0) is 8.67. The first-order valence-electron chi connectivity index (χ1n) is 4.30. The van der Waals surface area contributed by atoms with Crippen LogP contribution >= 0.6 is 24.8 Å². The first kappa shape index (κ1) is 12.2. The van der Waals surface area contributed by atoms with Gasteiger partial charge in [0.05, 0.1) is 5.69 Å². The molecule has 2 aromatic heterocycles. The summed E-state index contributed by atoms with van der Waals surface area (Å²) in [5, 5.41) is 7.37. The van der Waals surface area contributed by atoms with Crippen LogP contribution in [0.3, 0.4) is 0 Å². The van der Waals surface area contributed by atoms with Gasteiger partial charge in [0.15, 0.2) is 0 Å². The van der Waals surface area contributed by atoms with Gasteiger partial charge in [-0.1, -0.05) is 0 Å². The van der Waals surface area contributed by atoms with Crippen molar-refractivity contribution >= 4 is 30.6 Å². The van der Waals surface area contributed by atoms with Crippen molar-refractivity contribution in [2.75, 3.05) is 13.1 Å². The van der Waals surface area contributed by atoms with Crippen molar-refractivity contribution in [2.45, 2.75) is 5.92 Å². The van der Waals surface area contributed by atoms with Crippen LogP contribution in [0.15, 0.2) is 18.6 Å². The fraction of sp³-hybridized carbons (Fsp3) is 0.375. The van der Waals surface area contributed by atoms with Gasteiger partial charge in [-0.25, -0.2) is 9.50 Å². The number of rotatable bonds is 1. The number of fused-ring (bicyclic) bond motifs is 1. The van der Waals surface area contributed by atoms with Crippen molar-refractivity contribution < 1.29 is 0 Å². The molecule has 0 unspecified atom stereocenters. The van der Waals surface area contributed by atoms with Crippen LogP contribution in [0, 0.1) is 0 Å². The smallest absolute Gasteiger partial charge is 0.252 e. The second-order valence-electron chi connectivity index (χ2n) is 3.20. The van der Waals surface area contributed by atoms with Gasteiger partial charge in [-0.2, -0.15) is 10.1 Å². The van der Waals surface area contributed by atoms with Crippen molar-refractivity contribution in [1.29, 1.82) is 0 Å². The normalized spacial score (nSPS) is 15.2. The maximum Gasteiger partial charge on any atom is 0.252 e. The van der Waals surface area contributed by atoms with E-state index in [9.17, 15) is 0 Å². The number of hydrogen-bond donors (Lipinski definition) is 1. The lowest BCUT2D eigenvalue weighted by Gasteiger charge is -2.27. The maximum absolute atomic E-state index is 4.14. The average molecular weight is 248 g/mol. The van der Waals surface area contributed by atoms with Crippen LogP contribution in [0.25, 0.3) is 5.78 Å². The van der Waals surface area contributed by atoms with E-state index in [4.69, 9.17) is 0 Å². The van der Waals surface area contributed by atoms with E-state index in [0.717, 1.165) is 13.1 Å². The van der Waals surface area contributed by atoms with Crippen LogP contribution in [0.2, 0.25) is 0 Å². The zero-order valence-corrected chi connectivity index (χ0v) is 9.46. The molecule has 0 aromatic carbocycles. The summed E-state index contributed by atoms with van der Waals surface area (Å²) in [5.41, 5.74) is 1.20. The van der Waals surface area contributed by atoms with Crippen LogP contribution in [-0.2, 0) is 0 Å². The van der Waals surface area contributed by atoms with Crippen LogP contribution in [0.4, 0.5) is 0 Å². The van der Waals surface area contributed by atoms with Gasteiger partial charge in [-0.3, -0.25) is 0 Å². The topological polar surface area (TPSA) is 55.1 Å². The van der Waals surface area contributed by atoms with Crippen molar-refractivity contribution in [3.05, 3.63) is 24.3 Å². The molecule has 15 heavy (non-hydrogen) atoms. The van der Waals surface area contributed by atoms with E-state index in [1.165, 1.54) is 12.0 Å². The third kappa shape index (κ3) is 1.90. The molecular formula is C8H11Cl2N5. The number of hydrogen-bond acceptors (Lipinski definition) is 4. The maximum atomic E-state index is 4.14. The minimum absolute atomic E-state index is 0. The lowest BCUT2D eigenvalue weighted by molar-refractivity contribution is 0.432. The van der Waals surface area contributed by atoms with Crippen LogP contribution < -0.4 is 5.32 Å². The summed E-state index contributed by atoms with van der Waals surface area (Å²) < 4.78 is 1.81. The predicted octanol–water partition coefficient (Wildman–Crippen LogP) is 0.655. The number of nitrogens with one attached hydrogen (secondary N) is 1. The Kier molecular flexibility index (Phi) is 3.84. The Hall–Kier alpha value is -0.910. The van der Waals surface area contributed by atoms with Gasteiger partial charge in [0.2, 0.25) is 0 Å². The second kappa shape index (κ2) is 4.74. The van der Waals surface area contributed by atoms with Gasteiger partial charge >= 0.3 is 0 Å². The minimum atomic E-state index is 0. The van der Waals surface area contributed by atoms with Crippen LogP contribution in [0.5, 0.6) is 0 Å². The van der Waals surface area contributed by atoms with Crippen molar-refractivity contribution in [3.63, 3.8) is 0 Å². The summed E-state index contributed by atoms with van der Waals surface area (Å²) in [5.74, 6) is 1.25. The third-order valence-corrected chi connectivity index (χ3v) is 2.41. The van der Waals surface area contributed by atoms with Gasteiger partial charge < -0.3 is 5.32 Å².